The van der Waals surface area contributed by atoms with Crippen LogP contribution in [0.4, 0.5) is 0 Å². The monoisotopic (exact) mass is 237 g/mol. The Labute approximate surface area is 98.5 Å². The quantitative estimate of drug-likeness (QED) is 0.846. The predicted octanol–water partition coefficient (Wildman–Crippen LogP) is 3.76. The molecule has 0 saturated carbocycles. The second kappa shape index (κ2) is 4.35. The molecule has 2 aromatic rings. The SMILES string of the molecule is Cc1csc(C(N)c2ccccc2)c1Cl. The molecule has 1 aromatic carbocycles. The van der Waals surface area contributed by atoms with Crippen molar-refractivity contribution in [3.05, 3.63) is 56.7 Å². The molecule has 0 aliphatic carbocycles. The van der Waals surface area contributed by atoms with Crippen LogP contribution in [0, 0.1) is 6.92 Å². The smallest absolute Gasteiger partial charge is 0.0661 e. The Morgan fingerprint density at radius 2 is 1.93 bits per heavy atom. The van der Waals surface area contributed by atoms with E-state index in [1.807, 2.05) is 42.6 Å². The molecule has 1 unspecified atom stereocenters. The first-order valence-corrected chi connectivity index (χ1v) is 6.00. The third-order valence-corrected chi connectivity index (χ3v) is 4.16. The Morgan fingerprint density at radius 3 is 2.47 bits per heavy atom. The van der Waals surface area contributed by atoms with Crippen LogP contribution in [0.2, 0.25) is 5.02 Å². The van der Waals surface area contributed by atoms with Crippen molar-refractivity contribution in [2.24, 2.45) is 5.73 Å². The van der Waals surface area contributed by atoms with Crippen LogP contribution in [0.15, 0.2) is 35.7 Å². The summed E-state index contributed by atoms with van der Waals surface area (Å²) in [7, 11) is 0. The zero-order chi connectivity index (χ0) is 10.8. The Bertz CT molecular complexity index is 450. The van der Waals surface area contributed by atoms with Crippen molar-refractivity contribution in [2.75, 3.05) is 0 Å². The van der Waals surface area contributed by atoms with E-state index in [-0.39, 0.29) is 6.04 Å². The van der Waals surface area contributed by atoms with Gasteiger partial charge in [-0.15, -0.1) is 11.3 Å². The number of nitrogens with two attached hydrogens (primary N) is 1. The Morgan fingerprint density at radius 1 is 1.27 bits per heavy atom. The van der Waals surface area contributed by atoms with Gasteiger partial charge < -0.3 is 5.73 Å². The number of thiophene rings is 1. The van der Waals surface area contributed by atoms with Gasteiger partial charge in [-0.3, -0.25) is 0 Å². The highest BCUT2D eigenvalue weighted by atomic mass is 35.5. The van der Waals surface area contributed by atoms with Crippen molar-refractivity contribution in [2.45, 2.75) is 13.0 Å². The highest BCUT2D eigenvalue weighted by Gasteiger charge is 2.15. The molecule has 0 amide bonds. The summed E-state index contributed by atoms with van der Waals surface area (Å²) in [5, 5.41) is 2.84. The largest absolute Gasteiger partial charge is 0.320 e. The molecular weight excluding hydrogens is 226 g/mol. The summed E-state index contributed by atoms with van der Waals surface area (Å²) in [5.74, 6) is 0. The van der Waals surface area contributed by atoms with E-state index in [0.29, 0.717) is 0 Å². The average molecular weight is 238 g/mol. The molecule has 0 fully saturated rings. The molecule has 1 atom stereocenters. The molecule has 1 heterocycles. The third-order valence-electron chi connectivity index (χ3n) is 2.37. The fraction of sp³-hybridized carbons (Fsp3) is 0.167. The van der Waals surface area contributed by atoms with Crippen LogP contribution >= 0.6 is 22.9 Å². The number of halogens is 1. The third kappa shape index (κ3) is 2.07. The van der Waals surface area contributed by atoms with Gasteiger partial charge in [-0.05, 0) is 23.4 Å². The van der Waals surface area contributed by atoms with Gasteiger partial charge in [0.2, 0.25) is 0 Å². The normalized spacial score (nSPS) is 12.7. The zero-order valence-electron chi connectivity index (χ0n) is 8.41. The van der Waals surface area contributed by atoms with E-state index >= 15 is 0 Å². The fourth-order valence-corrected chi connectivity index (χ4v) is 2.81. The summed E-state index contributed by atoms with van der Waals surface area (Å²) in [4.78, 5) is 1.04. The minimum Gasteiger partial charge on any atom is -0.320 e. The number of hydrogen-bond acceptors (Lipinski definition) is 2. The van der Waals surface area contributed by atoms with Crippen molar-refractivity contribution >= 4 is 22.9 Å². The second-order valence-electron chi connectivity index (χ2n) is 3.49. The van der Waals surface area contributed by atoms with Crippen LogP contribution < -0.4 is 5.73 Å². The predicted molar refractivity (Wildman–Crippen MR) is 66.5 cm³/mol. The molecule has 78 valence electrons. The Hall–Kier alpha value is -0.830. The fourth-order valence-electron chi connectivity index (χ4n) is 1.47. The van der Waals surface area contributed by atoms with Crippen LogP contribution in [0.25, 0.3) is 0 Å². The van der Waals surface area contributed by atoms with Crippen molar-refractivity contribution in [3.8, 4) is 0 Å². The van der Waals surface area contributed by atoms with E-state index < -0.39 is 0 Å². The van der Waals surface area contributed by atoms with Gasteiger partial charge in [0.1, 0.15) is 0 Å². The lowest BCUT2D eigenvalue weighted by atomic mass is 10.1. The maximum Gasteiger partial charge on any atom is 0.0661 e. The lowest BCUT2D eigenvalue weighted by Gasteiger charge is -2.10. The lowest BCUT2D eigenvalue weighted by Crippen LogP contribution is -2.10. The minimum absolute atomic E-state index is 0.114. The molecule has 3 heteroatoms. The van der Waals surface area contributed by atoms with Crippen LogP contribution in [0.3, 0.4) is 0 Å². The summed E-state index contributed by atoms with van der Waals surface area (Å²) < 4.78 is 0. The first kappa shape index (κ1) is 10.7. The van der Waals surface area contributed by atoms with Gasteiger partial charge in [0, 0.05) is 4.88 Å². The summed E-state index contributed by atoms with van der Waals surface area (Å²) in [6, 6.07) is 9.90. The van der Waals surface area contributed by atoms with Gasteiger partial charge in [-0.2, -0.15) is 0 Å². The van der Waals surface area contributed by atoms with Crippen LogP contribution in [0.1, 0.15) is 22.0 Å². The van der Waals surface area contributed by atoms with E-state index in [2.05, 4.69) is 0 Å². The second-order valence-corrected chi connectivity index (χ2v) is 4.77. The molecule has 2 rings (SSSR count). The molecule has 0 aliphatic rings. The van der Waals surface area contributed by atoms with Crippen molar-refractivity contribution < 1.29 is 0 Å². The Kier molecular flexibility index (Phi) is 3.10. The van der Waals surface area contributed by atoms with Gasteiger partial charge >= 0.3 is 0 Å². The number of rotatable bonds is 2. The van der Waals surface area contributed by atoms with E-state index in [1.165, 1.54) is 0 Å². The Balaban J connectivity index is 2.37. The van der Waals surface area contributed by atoms with Gasteiger partial charge in [0.05, 0.1) is 11.1 Å². The molecule has 0 saturated heterocycles. The van der Waals surface area contributed by atoms with Crippen molar-refractivity contribution in [3.63, 3.8) is 0 Å². The van der Waals surface area contributed by atoms with Crippen molar-refractivity contribution in [1.29, 1.82) is 0 Å². The molecule has 1 aromatic heterocycles. The molecule has 2 N–H and O–H groups in total. The topological polar surface area (TPSA) is 26.0 Å². The lowest BCUT2D eigenvalue weighted by molar-refractivity contribution is 0.893. The van der Waals surface area contributed by atoms with Gasteiger partial charge in [-0.1, -0.05) is 41.9 Å². The zero-order valence-corrected chi connectivity index (χ0v) is 9.98. The summed E-state index contributed by atoms with van der Waals surface area (Å²) in [6.07, 6.45) is 0. The van der Waals surface area contributed by atoms with E-state index in [9.17, 15) is 0 Å². The minimum atomic E-state index is -0.114. The van der Waals surface area contributed by atoms with Crippen LogP contribution in [0.5, 0.6) is 0 Å². The molecule has 0 spiro atoms. The van der Waals surface area contributed by atoms with Gasteiger partial charge in [0.25, 0.3) is 0 Å². The standard InChI is InChI=1S/C12H12ClNS/c1-8-7-15-12(10(8)13)11(14)9-5-3-2-4-6-9/h2-7,11H,14H2,1H3. The molecule has 1 nitrogen and oxygen atoms in total. The molecule has 15 heavy (non-hydrogen) atoms. The maximum atomic E-state index is 6.18. The molecular formula is C12H12ClNS. The van der Waals surface area contributed by atoms with Gasteiger partial charge in [0.15, 0.2) is 0 Å². The first-order chi connectivity index (χ1) is 7.20. The highest BCUT2D eigenvalue weighted by Crippen LogP contribution is 2.34. The van der Waals surface area contributed by atoms with E-state index in [0.717, 1.165) is 21.0 Å². The molecule has 0 bridgehead atoms. The summed E-state index contributed by atoms with van der Waals surface area (Å²) >= 11 is 7.81. The van der Waals surface area contributed by atoms with Gasteiger partial charge in [-0.25, -0.2) is 0 Å². The number of benzene rings is 1. The number of aryl methyl sites for hydroxylation is 1. The molecule has 0 radical (unpaired) electrons. The first-order valence-electron chi connectivity index (χ1n) is 4.74. The molecule has 0 aliphatic heterocycles. The van der Waals surface area contributed by atoms with Crippen molar-refractivity contribution in [1.82, 2.24) is 0 Å². The van der Waals surface area contributed by atoms with Crippen LogP contribution in [-0.2, 0) is 0 Å². The maximum absolute atomic E-state index is 6.18. The average Bonchev–Trinajstić information content (AvgIpc) is 2.60. The van der Waals surface area contributed by atoms with E-state index in [1.54, 1.807) is 11.3 Å². The summed E-state index contributed by atoms with van der Waals surface area (Å²) in [6.45, 7) is 2.00. The highest BCUT2D eigenvalue weighted by molar-refractivity contribution is 7.10. The van der Waals surface area contributed by atoms with Crippen LogP contribution in [-0.4, -0.2) is 0 Å². The van der Waals surface area contributed by atoms with E-state index in [4.69, 9.17) is 17.3 Å². The number of hydrogen-bond donors (Lipinski definition) is 1. The summed E-state index contributed by atoms with van der Waals surface area (Å²) in [5.41, 5.74) is 8.35.